The van der Waals surface area contributed by atoms with Crippen LogP contribution in [0, 0.1) is 13.0 Å². The van der Waals surface area contributed by atoms with Crippen molar-refractivity contribution in [3.8, 4) is 0 Å². The van der Waals surface area contributed by atoms with Gasteiger partial charge in [0.25, 0.3) is 0 Å². The van der Waals surface area contributed by atoms with Crippen molar-refractivity contribution in [2.24, 2.45) is 0 Å². The molecular formula is C9H12NS2Zn-3. The van der Waals surface area contributed by atoms with Gasteiger partial charge >= 0.3 is 0 Å². The van der Waals surface area contributed by atoms with E-state index in [9.17, 15) is 0 Å². The number of rotatable bonds is 0. The first kappa shape index (κ1) is 18.8. The van der Waals surface area contributed by atoms with Gasteiger partial charge in [0.15, 0.2) is 0 Å². The molecule has 1 aromatic carbocycles. The summed E-state index contributed by atoms with van der Waals surface area (Å²) < 4.78 is -0.0556. The van der Waals surface area contributed by atoms with Gasteiger partial charge < -0.3 is 12.7 Å². The van der Waals surface area contributed by atoms with E-state index in [1.165, 1.54) is 0 Å². The first-order valence-corrected chi connectivity index (χ1v) is 4.15. The fraction of sp³-hybridized carbons (Fsp3) is 0.111. The molecule has 0 aliphatic rings. The predicted octanol–water partition coefficient (Wildman–Crippen LogP) is 3.58. The zero-order valence-corrected chi connectivity index (χ0v) is 12.3. The second kappa shape index (κ2) is 18.0. The summed E-state index contributed by atoms with van der Waals surface area (Å²) in [4.78, 5) is 0. The summed E-state index contributed by atoms with van der Waals surface area (Å²) >= 11 is 7.43. The number of thiol groups is 1. The minimum Gasteiger partial charge on any atom is -0.684 e. The fourth-order valence-corrected chi connectivity index (χ4v) is 0.342. The van der Waals surface area contributed by atoms with E-state index in [0.29, 0.717) is 0 Å². The van der Waals surface area contributed by atoms with Crippen LogP contribution >= 0.6 is 24.8 Å². The molecule has 0 amide bonds. The molecular weight excluding hydrogens is 252 g/mol. The van der Waals surface area contributed by atoms with Crippen molar-refractivity contribution < 1.29 is 19.5 Å². The molecule has 0 saturated heterocycles. The molecule has 0 aliphatic carbocycles. The van der Waals surface area contributed by atoms with Crippen LogP contribution in [0.3, 0.4) is 0 Å². The summed E-state index contributed by atoms with van der Waals surface area (Å²) in [6.45, 7) is 5.00. The molecule has 1 rings (SSSR count). The summed E-state index contributed by atoms with van der Waals surface area (Å²) in [6, 6.07) is 12.5. The molecule has 0 spiro atoms. The van der Waals surface area contributed by atoms with Crippen LogP contribution in [0.1, 0.15) is 6.92 Å². The third kappa shape index (κ3) is 33.2. The molecule has 0 atom stereocenters. The van der Waals surface area contributed by atoms with Crippen LogP contribution in [0.2, 0.25) is 0 Å². The molecule has 1 N–H and O–H groups in total. The third-order valence-corrected chi connectivity index (χ3v) is 0.607. The minimum atomic E-state index is -0.0556. The van der Waals surface area contributed by atoms with Crippen molar-refractivity contribution in [1.82, 2.24) is 0 Å². The van der Waals surface area contributed by atoms with E-state index in [1.54, 1.807) is 6.92 Å². The van der Waals surface area contributed by atoms with Crippen molar-refractivity contribution >= 4 is 29.2 Å². The topological polar surface area (TPSA) is 23.8 Å². The van der Waals surface area contributed by atoms with Crippen LogP contribution in [0.25, 0.3) is 5.73 Å². The van der Waals surface area contributed by atoms with Gasteiger partial charge in [0.1, 0.15) is 0 Å². The van der Waals surface area contributed by atoms with E-state index in [2.05, 4.69) is 37.8 Å². The fourth-order valence-electron chi connectivity index (χ4n) is 0.342. The number of thiocarbonyl (C=S) groups is 1. The van der Waals surface area contributed by atoms with Crippen molar-refractivity contribution in [3.05, 3.63) is 49.1 Å². The number of nitrogens with one attached hydrogen (secondary N) is 1. The van der Waals surface area contributed by atoms with E-state index in [1.807, 2.05) is 30.3 Å². The van der Waals surface area contributed by atoms with E-state index >= 15 is 0 Å². The Morgan fingerprint density at radius 3 is 1.69 bits per heavy atom. The SMILES string of the molecule is [CH2-]C.[NH-]C(=S)S.[Zn].[c-]1ccccc1. The Bertz CT molecular complexity index is 150. The van der Waals surface area contributed by atoms with Gasteiger partial charge in [-0.05, 0) is 4.32 Å². The first-order valence-electron chi connectivity index (χ1n) is 3.30. The molecule has 0 radical (unpaired) electrons. The average molecular weight is 264 g/mol. The largest absolute Gasteiger partial charge is 0.684 e. The summed E-state index contributed by atoms with van der Waals surface area (Å²) in [5.74, 6) is 0. The second-order valence-electron chi connectivity index (χ2n) is 1.38. The van der Waals surface area contributed by atoms with E-state index in [-0.39, 0.29) is 23.8 Å². The molecule has 0 unspecified atom stereocenters. The predicted molar refractivity (Wildman–Crippen MR) is 62.2 cm³/mol. The maximum absolute atomic E-state index is 6.18. The van der Waals surface area contributed by atoms with Crippen LogP contribution in [0.15, 0.2) is 30.3 Å². The number of hydrogen-bond donors (Lipinski definition) is 1. The molecule has 0 fully saturated rings. The van der Waals surface area contributed by atoms with Crippen molar-refractivity contribution in [1.29, 1.82) is 0 Å². The quantitative estimate of drug-likeness (QED) is 0.329. The van der Waals surface area contributed by atoms with Gasteiger partial charge in [-0.3, -0.25) is 0 Å². The molecule has 0 aromatic heterocycles. The normalized spacial score (nSPS) is 6.08. The number of benzene rings is 1. The van der Waals surface area contributed by atoms with Gasteiger partial charge in [-0.25, -0.2) is 0 Å². The van der Waals surface area contributed by atoms with E-state index < -0.39 is 0 Å². The molecule has 13 heavy (non-hydrogen) atoms. The Morgan fingerprint density at radius 2 is 1.62 bits per heavy atom. The molecule has 1 aromatic rings. The van der Waals surface area contributed by atoms with E-state index in [4.69, 9.17) is 5.73 Å². The molecule has 0 bridgehead atoms. The van der Waals surface area contributed by atoms with Crippen molar-refractivity contribution in [2.45, 2.75) is 6.92 Å². The van der Waals surface area contributed by atoms with Gasteiger partial charge in [0.05, 0.1) is 0 Å². The van der Waals surface area contributed by atoms with Crippen LogP contribution in [-0.4, -0.2) is 4.32 Å². The third-order valence-electron chi connectivity index (χ3n) is 0.607. The Kier molecular flexibility index (Phi) is 26.0. The maximum atomic E-state index is 6.18. The van der Waals surface area contributed by atoms with Crippen LogP contribution in [-0.2, 0) is 19.5 Å². The summed E-state index contributed by atoms with van der Waals surface area (Å²) in [5.41, 5.74) is 6.18. The van der Waals surface area contributed by atoms with Crippen LogP contribution < -0.4 is 0 Å². The van der Waals surface area contributed by atoms with Crippen LogP contribution in [0.5, 0.6) is 0 Å². The Hall–Kier alpha value is 0.0834. The zero-order chi connectivity index (χ0) is 9.82. The average Bonchev–Trinajstić information content (AvgIpc) is 2.10. The molecule has 0 heterocycles. The van der Waals surface area contributed by atoms with Gasteiger partial charge in [-0.1, -0.05) is 12.2 Å². The Morgan fingerprint density at radius 1 is 1.31 bits per heavy atom. The Balaban J connectivity index is -0.000000128. The van der Waals surface area contributed by atoms with Crippen molar-refractivity contribution in [2.75, 3.05) is 0 Å². The zero-order valence-electron chi connectivity index (χ0n) is 7.66. The molecule has 0 aliphatic heterocycles. The van der Waals surface area contributed by atoms with Gasteiger partial charge in [0, 0.05) is 19.5 Å². The van der Waals surface area contributed by atoms with Gasteiger partial charge in [-0.2, -0.15) is 56.0 Å². The smallest absolute Gasteiger partial charge is 0 e. The second-order valence-corrected chi connectivity index (χ2v) is 2.54. The monoisotopic (exact) mass is 262 g/mol. The molecule has 70 valence electrons. The minimum absolute atomic E-state index is 0. The van der Waals surface area contributed by atoms with Gasteiger partial charge in [0.2, 0.25) is 0 Å². The van der Waals surface area contributed by atoms with Crippen LogP contribution in [0.4, 0.5) is 0 Å². The summed E-state index contributed by atoms with van der Waals surface area (Å²) in [5, 5.41) is 0. The molecule has 1 nitrogen and oxygen atoms in total. The number of hydrogen-bond acceptors (Lipinski definition) is 1. The maximum Gasteiger partial charge on any atom is 0 e. The summed E-state index contributed by atoms with van der Waals surface area (Å²) in [6.07, 6.45) is 0. The standard InChI is InChI=1S/C6H5.C2H5.CH3NS2.Zn/c1-2-4-6-5-3-1;1-2;2-1(3)4;/h1-5H;1H2,2H3;(H3,2,3,4);/q2*-1;;/p-1. The van der Waals surface area contributed by atoms with Gasteiger partial charge in [-0.15, -0.1) is 0 Å². The summed E-state index contributed by atoms with van der Waals surface area (Å²) in [7, 11) is 0. The molecule has 0 saturated carbocycles. The Labute approximate surface area is 104 Å². The molecule has 4 heteroatoms. The van der Waals surface area contributed by atoms with E-state index in [0.717, 1.165) is 0 Å². The first-order chi connectivity index (χ1) is 5.73. The van der Waals surface area contributed by atoms with Crippen molar-refractivity contribution in [3.63, 3.8) is 0 Å².